The minimum absolute atomic E-state index is 0.0150. The van der Waals surface area contributed by atoms with E-state index in [1.54, 1.807) is 84.6 Å². The zero-order valence-electron chi connectivity index (χ0n) is 81.5. The summed E-state index contributed by atoms with van der Waals surface area (Å²) in [5.41, 5.74) is 13.8. The summed E-state index contributed by atoms with van der Waals surface area (Å²) in [6.45, 7) is 11.7. The number of piperidine rings is 3. The first-order chi connectivity index (χ1) is 67.7. The van der Waals surface area contributed by atoms with Gasteiger partial charge in [0.05, 0.1) is 37.6 Å². The van der Waals surface area contributed by atoms with Gasteiger partial charge < -0.3 is 115 Å². The Morgan fingerprint density at radius 2 is 0.993 bits per heavy atom. The number of aliphatic carboxylic acids is 1. The lowest BCUT2D eigenvalue weighted by atomic mass is 9.90. The molecule has 14 rings (SSSR count). The number of para-hydroxylation sites is 2. The van der Waals surface area contributed by atoms with Crippen molar-refractivity contribution in [1.29, 1.82) is 0 Å². The number of benzene rings is 2. The number of rotatable bonds is 19. The fraction of sp³-hybridized carbons (Fsp3) is 0.621. The van der Waals surface area contributed by atoms with Crippen molar-refractivity contribution >= 4 is 175 Å². The number of Topliss-reactive ketones (excluding diaryl/α,β-unsaturated/α-hetero) is 1. The molecule has 0 saturated carbocycles. The van der Waals surface area contributed by atoms with Crippen LogP contribution < -0.4 is 70.0 Å². The number of aliphatic hydroxyl groups excluding tert-OH is 1. The number of amides is 17. The fourth-order valence-electron chi connectivity index (χ4n) is 18.5. The number of carboxylic acid groups (broad SMARTS) is 1. The van der Waals surface area contributed by atoms with Gasteiger partial charge in [0.15, 0.2) is 5.78 Å². The maximum atomic E-state index is 15.5. The van der Waals surface area contributed by atoms with Gasteiger partial charge in [-0.2, -0.15) is 44.9 Å². The third kappa shape index (κ3) is 32.7. The zero-order chi connectivity index (χ0) is 104. The van der Waals surface area contributed by atoms with Crippen LogP contribution >= 0.6 is 35.3 Å². The average Bonchev–Trinajstić information content (AvgIpc) is 1.07. The first kappa shape index (κ1) is 114. The number of nitrogens with two attached hydrogens (primary N) is 2. The second kappa shape index (κ2) is 55.6. The molecule has 2 aromatic carbocycles. The Morgan fingerprint density at radius 1 is 0.528 bits per heavy atom. The highest BCUT2D eigenvalue weighted by Gasteiger charge is 2.45. The van der Waals surface area contributed by atoms with Crippen molar-refractivity contribution in [2.24, 2.45) is 29.2 Å². The number of thioether (sulfide) groups is 3. The average molecular weight is 2040 g/mol. The Kier molecular flexibility index (Phi) is 44.4. The third-order valence-corrected chi connectivity index (χ3v) is 29.7. The van der Waals surface area contributed by atoms with Gasteiger partial charge in [-0.25, -0.2) is 0 Å². The number of likely N-dealkylation sites (N-methyl/N-ethyl adjacent to an activating group) is 1. The number of aromatic nitrogens is 2. The van der Waals surface area contributed by atoms with Crippen LogP contribution in [-0.2, 0) is 114 Å². The monoisotopic (exact) mass is 2040 g/mol. The Labute approximate surface area is 836 Å². The standard InChI is InChI=1S/C94H137N21O21S3.CO2/c1-9-64-87(129)106-71-51-139-40-29-79(123)113-36-25-61(26-37-113)115(59-21-32-111(33-22-59)77(121)27-38-137-49-58(85(127)109-83(55(7)116)93(135)102-64)43-73(117)54(6)100-75(119)48-110(8)76(120)20-30-95)60-23-34-112(35-24-60)78(122)28-39-138-50-70(84(96)126)105-91(133)72-19-14-31-114(72)94(136)82(53(4)5)108-88(130)67(41-56-45-97-65-17-12-10-15-62(56)65)101-74(118)47-99-86(128)69(44-80(124)125)104-92(134)81(52(2)3)107-89(131)68(103-90(71)132)42-57-46-98-66-18-13-11-16-63(57)66;2-1-3/h10-13,15-18,45-46,52-55,58-61,64,67-72,81-83,97-98,116H,9,14,19-44,47-51,95H2,1-8H3,(H2,96,126)(H,99,128)(H,100,119)(H,101,118)(H,102,135)(H,103,132)(H,104,134)(H,105,133)(H,106,129)(H,107,131)(H,108,130)(H,109,127)(H,124,125);/t54-,55+,58-,64-,67-,68-,69-,70-,71-,72-,81-,82-,83-;/m0./s1. The molecule has 10 fully saturated rings. The molecule has 14 atom stereocenters. The number of hydrogen-bond acceptors (Lipinski definition) is 27. The zero-order valence-corrected chi connectivity index (χ0v) is 84.0. The minimum atomic E-state index is -1.95. The van der Waals surface area contributed by atoms with Gasteiger partial charge in [0.2, 0.25) is 100 Å². The summed E-state index contributed by atoms with van der Waals surface area (Å²) in [7, 11) is 1.40. The number of nitrogens with one attached hydrogen (secondary N) is 13. The number of carbonyl (C=O) groups is 19. The maximum Gasteiger partial charge on any atom is 0.373 e. The van der Waals surface area contributed by atoms with Gasteiger partial charge in [-0.05, 0) is 107 Å². The van der Waals surface area contributed by atoms with E-state index in [2.05, 4.69) is 73.4 Å². The van der Waals surface area contributed by atoms with Gasteiger partial charge in [0, 0.05) is 191 Å². The van der Waals surface area contributed by atoms with Crippen LogP contribution in [0.2, 0.25) is 0 Å². The van der Waals surface area contributed by atoms with Crippen molar-refractivity contribution < 1.29 is 111 Å². The number of hydrogen-bond donors (Lipinski definition) is 17. The molecule has 142 heavy (non-hydrogen) atoms. The van der Waals surface area contributed by atoms with E-state index in [1.165, 1.54) is 70.1 Å². The van der Waals surface area contributed by atoms with Crippen LogP contribution in [0.5, 0.6) is 0 Å². The van der Waals surface area contributed by atoms with Crippen molar-refractivity contribution in [3.63, 3.8) is 0 Å². The van der Waals surface area contributed by atoms with Crippen molar-refractivity contribution in [3.05, 3.63) is 72.1 Å². The number of fused-ring (bicyclic) bond motifs is 4. The number of ketones is 1. The number of aliphatic hydroxyl groups is 1. The number of nitrogens with zero attached hydrogens (tertiary/aromatic N) is 6. The summed E-state index contributed by atoms with van der Waals surface area (Å²) >= 11 is 3.53. The molecular formula is C95H137N21O23S3. The number of carboxylic acids is 1. The molecule has 4 aromatic rings. The lowest BCUT2D eigenvalue weighted by molar-refractivity contribution is -0.192. The molecule has 0 aliphatic carbocycles. The summed E-state index contributed by atoms with van der Waals surface area (Å²) < 4.78 is 0. The van der Waals surface area contributed by atoms with Crippen LogP contribution in [0, 0.1) is 17.8 Å². The van der Waals surface area contributed by atoms with Gasteiger partial charge in [-0.3, -0.25) is 96.0 Å². The van der Waals surface area contributed by atoms with Crippen LogP contribution in [0.15, 0.2) is 60.9 Å². The highest BCUT2D eigenvalue weighted by Crippen LogP contribution is 2.34. The summed E-state index contributed by atoms with van der Waals surface area (Å²) in [5.74, 6) is -17.6. The lowest BCUT2D eigenvalue weighted by Gasteiger charge is -2.50. The highest BCUT2D eigenvalue weighted by molar-refractivity contribution is 7.99. The summed E-state index contributed by atoms with van der Waals surface area (Å²) in [6.07, 6.45) is 3.70. The SMILES string of the molecule is CC[C@@H]1NC(=O)[C@H]([C@@H](C)O)NC(=O)[C@@H](CC(=O)[C@H](C)NC(=O)CN(C)C(=O)CCN)CSCCC(=O)N2CCC(CC2)N2C3CCN(CC3)C(=O)CCSC[C@@H](C(N)=O)NC(=O)[C@@H]3CCCN3C(=O)[C@H](C(C)C)NC(=O)[C@H](Cc3c[nH]c4ccccc34)NC(=O)CNC(=O)[C@H](CC(=O)O)NC(=O)[C@H](C(C)C)NC(=O)[C@H](Cc3c[nH]c4ccccc34)NC(=O)[C@H](CSCCC(=O)N3CCC2CC3)NC1=O.O=C=O. The van der Waals surface area contributed by atoms with Gasteiger partial charge in [-0.15, -0.1) is 0 Å². The molecule has 2 aromatic heterocycles. The molecule has 0 spiro atoms. The van der Waals surface area contributed by atoms with E-state index >= 15 is 14.4 Å². The maximum absolute atomic E-state index is 15.5. The molecule has 10 aliphatic rings. The van der Waals surface area contributed by atoms with E-state index in [0.29, 0.717) is 117 Å². The second-order valence-corrected chi connectivity index (χ2v) is 40.8. The van der Waals surface area contributed by atoms with E-state index in [4.69, 9.17) is 21.1 Å². The third-order valence-electron chi connectivity index (χ3n) is 26.5. The molecule has 1 unspecified atom stereocenters. The topological polar surface area (TPSA) is 634 Å². The van der Waals surface area contributed by atoms with Crippen molar-refractivity contribution in [2.45, 2.75) is 248 Å². The van der Waals surface area contributed by atoms with Crippen LogP contribution in [0.1, 0.15) is 156 Å². The summed E-state index contributed by atoms with van der Waals surface area (Å²) in [5, 5.41) is 51.8. The molecule has 17 amide bonds. The van der Waals surface area contributed by atoms with Crippen molar-refractivity contribution in [1.82, 2.24) is 97.9 Å². The Bertz CT molecular complexity index is 5160. The predicted molar refractivity (Wildman–Crippen MR) is 526 cm³/mol. The molecule has 44 nitrogen and oxygen atoms in total. The number of aromatic amines is 2. The van der Waals surface area contributed by atoms with Crippen LogP contribution in [0.4, 0.5) is 0 Å². The van der Waals surface area contributed by atoms with E-state index in [-0.39, 0.29) is 141 Å². The van der Waals surface area contributed by atoms with Gasteiger partial charge in [-0.1, -0.05) is 71.0 Å². The molecule has 19 N–H and O–H groups in total. The quantitative estimate of drug-likeness (QED) is 0.0480. The van der Waals surface area contributed by atoms with Crippen LogP contribution in [0.3, 0.4) is 0 Å². The molecule has 0 radical (unpaired) electrons. The van der Waals surface area contributed by atoms with E-state index in [1.807, 2.05) is 4.90 Å². The Morgan fingerprint density at radius 3 is 1.49 bits per heavy atom. The van der Waals surface area contributed by atoms with Crippen molar-refractivity contribution in [2.75, 3.05) is 107 Å². The molecule has 12 heterocycles. The first-order valence-corrected chi connectivity index (χ1v) is 51.9. The predicted octanol–water partition coefficient (Wildman–Crippen LogP) is -2.06. The summed E-state index contributed by atoms with van der Waals surface area (Å²) in [6, 6.07) is -2.37. The van der Waals surface area contributed by atoms with E-state index < -0.39 is 211 Å². The number of H-pyrrole nitrogens is 2. The fourth-order valence-corrected chi connectivity index (χ4v) is 21.5. The Hall–Kier alpha value is -12.0. The highest BCUT2D eigenvalue weighted by atomic mass is 32.2. The van der Waals surface area contributed by atoms with E-state index in [0.717, 1.165) is 16.7 Å². The van der Waals surface area contributed by atoms with Crippen LogP contribution in [0.25, 0.3) is 21.8 Å². The first-order valence-electron chi connectivity index (χ1n) is 48.4. The van der Waals surface area contributed by atoms with Gasteiger partial charge in [0.25, 0.3) is 0 Å². The summed E-state index contributed by atoms with van der Waals surface area (Å²) in [4.78, 5) is 305. The largest absolute Gasteiger partial charge is 0.481 e. The van der Waals surface area contributed by atoms with Gasteiger partial charge in [0.1, 0.15) is 60.4 Å². The molecule has 8 bridgehead atoms. The molecular weight excluding hydrogens is 1900 g/mol. The second-order valence-electron chi connectivity index (χ2n) is 37.3. The van der Waals surface area contributed by atoms with Gasteiger partial charge >= 0.3 is 12.1 Å². The van der Waals surface area contributed by atoms with Crippen LogP contribution in [-0.4, -0.2) is 366 Å². The Balaban J connectivity index is 0.00000740. The van der Waals surface area contributed by atoms with E-state index in [9.17, 15) is 86.9 Å². The van der Waals surface area contributed by atoms with Crippen molar-refractivity contribution in [3.8, 4) is 0 Å². The molecule has 10 aliphatic heterocycles. The lowest BCUT2D eigenvalue weighted by Crippen LogP contribution is -2.61. The normalized spacial score (nSPS) is 26.5. The minimum Gasteiger partial charge on any atom is -0.481 e. The number of primary amides is 1. The molecule has 47 heteroatoms. The molecule has 778 valence electrons. The number of carbonyl (C=O) groups excluding carboxylic acids is 20. The smallest absolute Gasteiger partial charge is 0.373 e. The molecule has 10 saturated heterocycles.